The Kier molecular flexibility index (Phi) is 8.24. The molecule has 0 spiro atoms. The van der Waals surface area contributed by atoms with Crippen LogP contribution in [0, 0.1) is 0 Å². The molecular weight excluding hydrogens is 324 g/mol. The summed E-state index contributed by atoms with van der Waals surface area (Å²) < 4.78 is 22.5. The topological polar surface area (TPSA) is 78.1 Å². The first kappa shape index (κ1) is 19.2. The van der Waals surface area contributed by atoms with Gasteiger partial charge in [0, 0.05) is 30.4 Å². The molecule has 0 saturated carbocycles. The SMILES string of the molecule is C=C(C)C(=O)Nc1ccc2c(c1)OCCOCCNCCOCCO2. The van der Waals surface area contributed by atoms with Gasteiger partial charge in [0.05, 0.1) is 26.4 Å². The number of hydrogen-bond donors (Lipinski definition) is 2. The zero-order valence-electron chi connectivity index (χ0n) is 14.6. The molecule has 1 amide bonds. The van der Waals surface area contributed by atoms with Gasteiger partial charge < -0.3 is 29.6 Å². The van der Waals surface area contributed by atoms with Gasteiger partial charge in [-0.2, -0.15) is 0 Å². The van der Waals surface area contributed by atoms with Crippen molar-refractivity contribution in [3.63, 3.8) is 0 Å². The van der Waals surface area contributed by atoms with E-state index in [1.165, 1.54) is 0 Å². The lowest BCUT2D eigenvalue weighted by Gasteiger charge is -2.15. The number of anilines is 1. The summed E-state index contributed by atoms with van der Waals surface area (Å²) in [4.78, 5) is 11.8. The molecule has 0 atom stereocenters. The number of nitrogens with one attached hydrogen (secondary N) is 2. The molecule has 0 fully saturated rings. The quantitative estimate of drug-likeness (QED) is 0.789. The van der Waals surface area contributed by atoms with Crippen molar-refractivity contribution >= 4 is 11.6 Å². The van der Waals surface area contributed by atoms with Crippen molar-refractivity contribution in [2.45, 2.75) is 6.92 Å². The zero-order chi connectivity index (χ0) is 17.9. The summed E-state index contributed by atoms with van der Waals surface area (Å²) in [6.07, 6.45) is 0. The number of rotatable bonds is 2. The fraction of sp³-hybridized carbons (Fsp3) is 0.500. The van der Waals surface area contributed by atoms with Crippen LogP contribution in [0.2, 0.25) is 0 Å². The van der Waals surface area contributed by atoms with Crippen LogP contribution in [0.4, 0.5) is 5.69 Å². The molecule has 138 valence electrons. The first-order valence-electron chi connectivity index (χ1n) is 8.39. The van der Waals surface area contributed by atoms with Gasteiger partial charge in [0.15, 0.2) is 11.5 Å². The van der Waals surface area contributed by atoms with Crippen molar-refractivity contribution in [2.75, 3.05) is 58.0 Å². The van der Waals surface area contributed by atoms with Crippen LogP contribution in [0.25, 0.3) is 0 Å². The Morgan fingerprint density at radius 3 is 2.28 bits per heavy atom. The van der Waals surface area contributed by atoms with Crippen molar-refractivity contribution < 1.29 is 23.7 Å². The zero-order valence-corrected chi connectivity index (χ0v) is 14.6. The maximum Gasteiger partial charge on any atom is 0.250 e. The Morgan fingerprint density at radius 2 is 1.64 bits per heavy atom. The Morgan fingerprint density at radius 1 is 1.00 bits per heavy atom. The Balaban J connectivity index is 2.03. The molecule has 0 aliphatic carbocycles. The molecule has 25 heavy (non-hydrogen) atoms. The molecule has 2 rings (SSSR count). The average Bonchev–Trinajstić information content (AvgIpc) is 2.60. The van der Waals surface area contributed by atoms with E-state index in [0.29, 0.717) is 62.4 Å². The van der Waals surface area contributed by atoms with Gasteiger partial charge >= 0.3 is 0 Å². The summed E-state index contributed by atoms with van der Waals surface area (Å²) in [5, 5.41) is 5.99. The third-order valence-electron chi connectivity index (χ3n) is 3.41. The number of hydrogen-bond acceptors (Lipinski definition) is 6. The van der Waals surface area contributed by atoms with Crippen molar-refractivity contribution in [1.29, 1.82) is 0 Å². The molecule has 1 aliphatic heterocycles. The number of ether oxygens (including phenoxy) is 4. The van der Waals surface area contributed by atoms with Crippen LogP contribution in [0.3, 0.4) is 0 Å². The minimum Gasteiger partial charge on any atom is -0.487 e. The van der Waals surface area contributed by atoms with Crippen molar-refractivity contribution in [3.8, 4) is 11.5 Å². The van der Waals surface area contributed by atoms with Crippen molar-refractivity contribution in [1.82, 2.24) is 5.32 Å². The van der Waals surface area contributed by atoms with Crippen molar-refractivity contribution in [3.05, 3.63) is 30.4 Å². The Labute approximate surface area is 148 Å². The third kappa shape index (κ3) is 7.13. The number of carbonyl (C=O) groups is 1. The van der Waals surface area contributed by atoms with Gasteiger partial charge in [-0.15, -0.1) is 0 Å². The van der Waals surface area contributed by atoms with Crippen LogP contribution < -0.4 is 20.1 Å². The van der Waals surface area contributed by atoms with E-state index in [4.69, 9.17) is 18.9 Å². The van der Waals surface area contributed by atoms with E-state index in [-0.39, 0.29) is 5.91 Å². The largest absolute Gasteiger partial charge is 0.487 e. The first-order valence-corrected chi connectivity index (χ1v) is 8.39. The normalized spacial score (nSPS) is 17.0. The van der Waals surface area contributed by atoms with E-state index in [2.05, 4.69) is 17.2 Å². The monoisotopic (exact) mass is 350 g/mol. The Bertz CT molecular complexity index is 577. The second kappa shape index (κ2) is 10.7. The number of benzene rings is 1. The maximum absolute atomic E-state index is 11.8. The van der Waals surface area contributed by atoms with E-state index >= 15 is 0 Å². The maximum atomic E-state index is 11.8. The lowest BCUT2D eigenvalue weighted by Crippen LogP contribution is -2.25. The minimum absolute atomic E-state index is 0.234. The molecule has 2 N–H and O–H groups in total. The summed E-state index contributed by atoms with van der Waals surface area (Å²) in [7, 11) is 0. The summed E-state index contributed by atoms with van der Waals surface area (Å²) in [5.41, 5.74) is 1.06. The van der Waals surface area contributed by atoms with Gasteiger partial charge in [-0.25, -0.2) is 0 Å². The summed E-state index contributed by atoms with van der Waals surface area (Å²) in [6.45, 7) is 9.85. The highest BCUT2D eigenvalue weighted by Crippen LogP contribution is 2.30. The summed E-state index contributed by atoms with van der Waals surface area (Å²) in [5.74, 6) is 0.920. The van der Waals surface area contributed by atoms with Gasteiger partial charge in [-0.05, 0) is 19.1 Å². The predicted molar refractivity (Wildman–Crippen MR) is 95.4 cm³/mol. The van der Waals surface area contributed by atoms with E-state index in [9.17, 15) is 4.79 Å². The molecule has 1 aromatic carbocycles. The van der Waals surface area contributed by atoms with Crippen LogP contribution in [0.5, 0.6) is 11.5 Å². The van der Waals surface area contributed by atoms with Gasteiger partial charge in [0.1, 0.15) is 13.2 Å². The highest BCUT2D eigenvalue weighted by atomic mass is 16.6. The Hall–Kier alpha value is -2.09. The number of amides is 1. The summed E-state index contributed by atoms with van der Waals surface area (Å²) >= 11 is 0. The predicted octanol–water partition coefficient (Wildman–Crippen LogP) is 1.60. The molecule has 0 bridgehead atoms. The van der Waals surface area contributed by atoms with E-state index in [1.54, 1.807) is 25.1 Å². The van der Waals surface area contributed by atoms with Gasteiger partial charge in [0.25, 0.3) is 5.91 Å². The molecule has 0 aromatic heterocycles. The van der Waals surface area contributed by atoms with E-state index < -0.39 is 0 Å². The van der Waals surface area contributed by atoms with Gasteiger partial charge in [-0.3, -0.25) is 4.79 Å². The molecule has 0 saturated heterocycles. The van der Waals surface area contributed by atoms with Crippen LogP contribution in [0.1, 0.15) is 6.92 Å². The standard InChI is InChI=1S/C18H26N2O5/c1-14(2)18(21)20-15-3-4-16-17(13-15)25-12-10-23-8-6-19-5-7-22-9-11-24-16/h3-4,13,19H,1,5-12H2,2H3,(H,20,21). The fourth-order valence-electron chi connectivity index (χ4n) is 2.09. The van der Waals surface area contributed by atoms with Crippen molar-refractivity contribution in [2.24, 2.45) is 0 Å². The molecule has 1 heterocycles. The van der Waals surface area contributed by atoms with Crippen LogP contribution >= 0.6 is 0 Å². The molecule has 1 aromatic rings. The first-order chi connectivity index (χ1) is 12.2. The molecule has 7 heteroatoms. The van der Waals surface area contributed by atoms with Crippen LogP contribution in [-0.4, -0.2) is 58.6 Å². The molecule has 0 radical (unpaired) electrons. The van der Waals surface area contributed by atoms with E-state index in [0.717, 1.165) is 13.1 Å². The van der Waals surface area contributed by atoms with Gasteiger partial charge in [0.2, 0.25) is 0 Å². The van der Waals surface area contributed by atoms with E-state index in [1.807, 2.05) is 0 Å². The third-order valence-corrected chi connectivity index (χ3v) is 3.41. The average molecular weight is 350 g/mol. The smallest absolute Gasteiger partial charge is 0.250 e. The number of carbonyl (C=O) groups excluding carboxylic acids is 1. The molecule has 0 unspecified atom stereocenters. The second-order valence-corrected chi connectivity index (χ2v) is 5.57. The van der Waals surface area contributed by atoms with Crippen LogP contribution in [-0.2, 0) is 14.3 Å². The van der Waals surface area contributed by atoms with Gasteiger partial charge in [-0.1, -0.05) is 6.58 Å². The lowest BCUT2D eigenvalue weighted by atomic mass is 10.2. The second-order valence-electron chi connectivity index (χ2n) is 5.57. The summed E-state index contributed by atoms with van der Waals surface area (Å²) in [6, 6.07) is 5.26. The fourth-order valence-corrected chi connectivity index (χ4v) is 2.09. The molecule has 1 aliphatic rings. The lowest BCUT2D eigenvalue weighted by molar-refractivity contribution is -0.112. The molecule has 7 nitrogen and oxygen atoms in total. The molecular formula is C18H26N2O5. The minimum atomic E-state index is -0.234. The number of fused-ring (bicyclic) bond motifs is 1. The van der Waals surface area contributed by atoms with Crippen LogP contribution in [0.15, 0.2) is 30.4 Å². The highest BCUT2D eigenvalue weighted by Gasteiger charge is 2.10. The highest BCUT2D eigenvalue weighted by molar-refractivity contribution is 6.02.